The predicted octanol–water partition coefficient (Wildman–Crippen LogP) is 4.97. The number of aromatic nitrogens is 1. The Hall–Kier alpha value is -2.85. The number of thiophene rings is 1. The van der Waals surface area contributed by atoms with Crippen molar-refractivity contribution in [3.8, 4) is 5.75 Å². The van der Waals surface area contributed by atoms with E-state index in [-0.39, 0.29) is 37.7 Å². The summed E-state index contributed by atoms with van der Waals surface area (Å²) in [7, 11) is 1.41. The summed E-state index contributed by atoms with van der Waals surface area (Å²) >= 11 is 19.7. The zero-order valence-corrected chi connectivity index (χ0v) is 20.1. The van der Waals surface area contributed by atoms with Crippen LogP contribution in [0.15, 0.2) is 40.8 Å². The Morgan fingerprint density at radius 1 is 1.12 bits per heavy atom. The number of rotatable bonds is 6. The smallest absolute Gasteiger partial charge is 0.267 e. The summed E-state index contributed by atoms with van der Waals surface area (Å²) in [6, 6.07) is 6.05. The summed E-state index contributed by atoms with van der Waals surface area (Å²) in [5.74, 6) is 0.0728. The summed E-state index contributed by atoms with van der Waals surface area (Å²) < 4.78 is 5.37. The third kappa shape index (κ3) is 5.06. The highest BCUT2D eigenvalue weighted by atomic mass is 35.5. The number of amides is 2. The summed E-state index contributed by atoms with van der Waals surface area (Å²) in [6.45, 7) is 1.36. The monoisotopic (exact) mass is 523 g/mol. The molecular weight excluding hydrogens is 509 g/mol. The van der Waals surface area contributed by atoms with Gasteiger partial charge in [-0.3, -0.25) is 14.6 Å². The number of nitrogens with zero attached hydrogens (tertiary/aromatic N) is 2. The van der Waals surface area contributed by atoms with Gasteiger partial charge in [0.2, 0.25) is 0 Å². The van der Waals surface area contributed by atoms with Crippen molar-refractivity contribution in [2.75, 3.05) is 30.8 Å². The number of amidine groups is 1. The maximum absolute atomic E-state index is 13.1. The van der Waals surface area contributed by atoms with Crippen LogP contribution in [0, 0.1) is 0 Å². The molecule has 1 aromatic carbocycles. The van der Waals surface area contributed by atoms with E-state index in [2.05, 4.69) is 25.9 Å². The number of nitrogens with one attached hydrogen (secondary N) is 3. The van der Waals surface area contributed by atoms with Gasteiger partial charge < -0.3 is 20.7 Å². The van der Waals surface area contributed by atoms with Gasteiger partial charge in [-0.25, -0.2) is 4.98 Å². The quantitative estimate of drug-likeness (QED) is 0.422. The maximum atomic E-state index is 13.1. The van der Waals surface area contributed by atoms with Crippen molar-refractivity contribution >= 4 is 75.3 Å². The number of benzene rings is 1. The Kier molecular flexibility index (Phi) is 7.04. The minimum Gasteiger partial charge on any atom is -0.494 e. The highest BCUT2D eigenvalue weighted by Crippen LogP contribution is 2.35. The highest BCUT2D eigenvalue weighted by molar-refractivity contribution is 7.13. The molecule has 170 valence electrons. The molecule has 0 fully saturated rings. The van der Waals surface area contributed by atoms with Crippen LogP contribution in [-0.2, 0) is 0 Å². The van der Waals surface area contributed by atoms with E-state index >= 15 is 0 Å². The van der Waals surface area contributed by atoms with E-state index < -0.39 is 11.8 Å². The Balaban J connectivity index is 1.65. The summed E-state index contributed by atoms with van der Waals surface area (Å²) in [4.78, 5) is 34.8. The van der Waals surface area contributed by atoms with E-state index in [4.69, 9.17) is 39.5 Å². The Labute approximate surface area is 207 Å². The van der Waals surface area contributed by atoms with Gasteiger partial charge in [0.25, 0.3) is 11.8 Å². The molecule has 0 atom stereocenters. The first-order valence-corrected chi connectivity index (χ1v) is 11.6. The van der Waals surface area contributed by atoms with E-state index in [0.29, 0.717) is 29.5 Å². The fourth-order valence-corrected chi connectivity index (χ4v) is 4.67. The van der Waals surface area contributed by atoms with Gasteiger partial charge in [0.05, 0.1) is 35.0 Å². The summed E-state index contributed by atoms with van der Waals surface area (Å²) in [5.41, 5.74) is 0.874. The second kappa shape index (κ2) is 9.96. The van der Waals surface area contributed by atoms with Gasteiger partial charge in [-0.05, 0) is 18.2 Å². The maximum Gasteiger partial charge on any atom is 0.267 e. The van der Waals surface area contributed by atoms with Gasteiger partial charge >= 0.3 is 0 Å². The molecule has 2 aromatic heterocycles. The molecule has 0 spiro atoms. The Morgan fingerprint density at radius 3 is 2.61 bits per heavy atom. The van der Waals surface area contributed by atoms with Crippen molar-refractivity contribution in [3.05, 3.63) is 66.9 Å². The average molecular weight is 525 g/mol. The van der Waals surface area contributed by atoms with E-state index in [0.717, 1.165) is 0 Å². The minimum atomic E-state index is -0.552. The average Bonchev–Trinajstić information content (AvgIpc) is 3.45. The number of methoxy groups -OCH3 is 1. The second-order valence-electron chi connectivity index (χ2n) is 6.75. The SMILES string of the molecule is COc1cc(Cl)cc(C(=O)Nc2ccc(Cl)cn2)c1NC(=O)c1scc(C2=NCCN2)c1Cl. The molecule has 33 heavy (non-hydrogen) atoms. The van der Waals surface area contributed by atoms with Crippen LogP contribution in [-0.4, -0.2) is 42.8 Å². The van der Waals surface area contributed by atoms with Crippen molar-refractivity contribution < 1.29 is 14.3 Å². The van der Waals surface area contributed by atoms with Crippen LogP contribution in [0.25, 0.3) is 0 Å². The molecule has 8 nitrogen and oxygen atoms in total. The molecule has 0 saturated carbocycles. The van der Waals surface area contributed by atoms with E-state index in [1.54, 1.807) is 17.5 Å². The third-order valence-electron chi connectivity index (χ3n) is 4.60. The van der Waals surface area contributed by atoms with Crippen LogP contribution in [0.1, 0.15) is 25.6 Å². The van der Waals surface area contributed by atoms with Crippen molar-refractivity contribution in [1.29, 1.82) is 0 Å². The number of carbonyl (C=O) groups is 2. The molecule has 4 rings (SSSR count). The number of carbonyl (C=O) groups excluding carboxylic acids is 2. The molecule has 0 radical (unpaired) electrons. The largest absolute Gasteiger partial charge is 0.494 e. The van der Waals surface area contributed by atoms with Gasteiger partial charge in [-0.2, -0.15) is 0 Å². The molecule has 0 bridgehead atoms. The number of hydrogen-bond acceptors (Lipinski definition) is 7. The first-order valence-electron chi connectivity index (χ1n) is 9.55. The van der Waals surface area contributed by atoms with Crippen LogP contribution in [0.2, 0.25) is 15.1 Å². The lowest BCUT2D eigenvalue weighted by Gasteiger charge is -2.15. The fourth-order valence-electron chi connectivity index (χ4n) is 3.09. The number of ether oxygens (including phenoxy) is 1. The zero-order valence-electron chi connectivity index (χ0n) is 17.0. The normalized spacial score (nSPS) is 12.7. The number of pyridine rings is 1. The molecule has 3 heterocycles. The standard InChI is InChI=1S/C21H16Cl3N5O3S/c1-32-14-7-11(23)6-12(20(30)28-15-3-2-10(22)8-27-15)17(14)29-21(31)18-16(24)13(9-33-18)19-25-4-5-26-19/h2-3,6-9H,4-5H2,1H3,(H,25,26)(H,29,31)(H,27,28,30). The van der Waals surface area contributed by atoms with Crippen molar-refractivity contribution in [3.63, 3.8) is 0 Å². The van der Waals surface area contributed by atoms with Gasteiger partial charge in [0.1, 0.15) is 22.3 Å². The highest BCUT2D eigenvalue weighted by Gasteiger charge is 2.25. The lowest BCUT2D eigenvalue weighted by Crippen LogP contribution is -2.20. The fraction of sp³-hybridized carbons (Fsp3) is 0.143. The Bertz CT molecular complexity index is 1260. The number of anilines is 2. The minimum absolute atomic E-state index is 0.0826. The molecule has 1 aliphatic rings. The molecule has 3 N–H and O–H groups in total. The third-order valence-corrected chi connectivity index (χ3v) is 6.53. The van der Waals surface area contributed by atoms with Crippen LogP contribution in [0.4, 0.5) is 11.5 Å². The van der Waals surface area contributed by atoms with Crippen molar-refractivity contribution in [2.45, 2.75) is 0 Å². The van der Waals surface area contributed by atoms with Crippen molar-refractivity contribution in [2.24, 2.45) is 4.99 Å². The van der Waals surface area contributed by atoms with E-state index in [1.807, 2.05) is 0 Å². The molecule has 1 aliphatic heterocycles. The Morgan fingerprint density at radius 2 is 1.94 bits per heavy atom. The van der Waals surface area contributed by atoms with Gasteiger partial charge in [-0.15, -0.1) is 11.3 Å². The molecule has 0 aliphatic carbocycles. The van der Waals surface area contributed by atoms with Gasteiger partial charge in [-0.1, -0.05) is 34.8 Å². The first-order chi connectivity index (χ1) is 15.9. The number of halogens is 3. The topological polar surface area (TPSA) is 105 Å². The van der Waals surface area contributed by atoms with Crippen LogP contribution >= 0.6 is 46.1 Å². The van der Waals surface area contributed by atoms with Gasteiger partial charge in [0.15, 0.2) is 0 Å². The number of aliphatic imine (C=N–C) groups is 1. The first kappa shape index (κ1) is 23.3. The molecular formula is C21H16Cl3N5O3S. The molecule has 12 heteroatoms. The summed E-state index contributed by atoms with van der Waals surface area (Å²) in [5, 5.41) is 11.2. The van der Waals surface area contributed by atoms with E-state index in [1.165, 1.54) is 36.8 Å². The predicted molar refractivity (Wildman–Crippen MR) is 132 cm³/mol. The van der Waals surface area contributed by atoms with Crippen LogP contribution < -0.4 is 20.7 Å². The molecule has 3 aromatic rings. The van der Waals surface area contributed by atoms with Crippen LogP contribution in [0.3, 0.4) is 0 Å². The lowest BCUT2D eigenvalue weighted by molar-refractivity contribution is 0.102. The zero-order chi connectivity index (χ0) is 23.5. The summed E-state index contributed by atoms with van der Waals surface area (Å²) in [6.07, 6.45) is 1.40. The van der Waals surface area contributed by atoms with Crippen molar-refractivity contribution in [1.82, 2.24) is 10.3 Å². The second-order valence-corrected chi connectivity index (χ2v) is 8.88. The molecule has 0 saturated heterocycles. The number of hydrogen-bond donors (Lipinski definition) is 3. The molecule has 0 unspecified atom stereocenters. The van der Waals surface area contributed by atoms with Crippen LogP contribution in [0.5, 0.6) is 5.75 Å². The van der Waals surface area contributed by atoms with E-state index in [9.17, 15) is 9.59 Å². The van der Waals surface area contributed by atoms with Gasteiger partial charge in [0, 0.05) is 34.8 Å². The molecule has 2 amide bonds. The lowest BCUT2D eigenvalue weighted by atomic mass is 10.1.